The number of nitrogens with zero attached hydrogens (tertiary/aromatic N) is 3. The van der Waals surface area contributed by atoms with Crippen LogP contribution in [0.2, 0.25) is 0 Å². The number of aromatic amines is 1. The molecule has 1 fully saturated rings. The molecule has 7 heteroatoms. The van der Waals surface area contributed by atoms with Crippen LogP contribution in [-0.4, -0.2) is 48.9 Å². The van der Waals surface area contributed by atoms with Gasteiger partial charge in [-0.1, -0.05) is 13.0 Å². The van der Waals surface area contributed by atoms with E-state index in [1.807, 2.05) is 25.1 Å². The number of aryl methyl sites for hydroxylation is 1. The highest BCUT2D eigenvalue weighted by Crippen LogP contribution is 2.30. The minimum Gasteiger partial charge on any atom is -0.458 e. The summed E-state index contributed by atoms with van der Waals surface area (Å²) in [5.41, 5.74) is 3.84. The number of anilines is 2. The Labute approximate surface area is 205 Å². The second-order valence-corrected chi connectivity index (χ2v) is 9.44. The summed E-state index contributed by atoms with van der Waals surface area (Å²) in [6, 6.07) is 13.7. The Morgan fingerprint density at radius 1 is 1.09 bits per heavy atom. The lowest BCUT2D eigenvalue weighted by Crippen LogP contribution is -2.44. The first-order valence-corrected chi connectivity index (χ1v) is 12.2. The van der Waals surface area contributed by atoms with E-state index in [2.05, 4.69) is 63.3 Å². The molecule has 2 aromatic carbocycles. The number of aromatic nitrogens is 1. The Kier molecular flexibility index (Phi) is 6.59. The van der Waals surface area contributed by atoms with Gasteiger partial charge in [-0.15, -0.1) is 0 Å². The van der Waals surface area contributed by atoms with Gasteiger partial charge in [-0.3, -0.25) is 0 Å². The van der Waals surface area contributed by atoms with Gasteiger partial charge >= 0.3 is 0 Å². The molecule has 5 rings (SSSR count). The quantitative estimate of drug-likeness (QED) is 0.511. The van der Waals surface area contributed by atoms with E-state index in [9.17, 15) is 0 Å². The summed E-state index contributed by atoms with van der Waals surface area (Å²) in [5.74, 6) is 1.24. The van der Waals surface area contributed by atoms with E-state index >= 15 is 4.39 Å². The molecule has 0 aliphatic carbocycles. The first-order valence-electron chi connectivity index (χ1n) is 12.2. The fourth-order valence-corrected chi connectivity index (χ4v) is 4.49. The lowest BCUT2D eigenvalue weighted by atomic mass is 10.0. The van der Waals surface area contributed by atoms with Crippen LogP contribution in [0.1, 0.15) is 19.0 Å². The number of fused-ring (bicyclic) bond motifs is 1. The molecule has 1 aromatic heterocycles. The smallest absolute Gasteiger partial charge is 0.175 e. The SMILES string of the molecule is Cc1cc2c(F)c(O/C3=C/C(Nc4ccc(N5CCN(C)CC5)cc4)=N/C=C/CC3C)ccc2[nH]1. The van der Waals surface area contributed by atoms with Gasteiger partial charge in [0, 0.05) is 72.3 Å². The zero-order valence-electron chi connectivity index (χ0n) is 20.5. The van der Waals surface area contributed by atoms with Gasteiger partial charge in [0.25, 0.3) is 0 Å². The van der Waals surface area contributed by atoms with Crippen LogP contribution in [0.4, 0.5) is 15.8 Å². The highest BCUT2D eigenvalue weighted by molar-refractivity contribution is 6.04. The van der Waals surface area contributed by atoms with E-state index < -0.39 is 0 Å². The molecule has 1 unspecified atom stereocenters. The molecule has 2 aliphatic rings. The number of H-pyrrole nitrogens is 1. The van der Waals surface area contributed by atoms with E-state index in [0.29, 0.717) is 17.0 Å². The van der Waals surface area contributed by atoms with Crippen LogP contribution in [0.25, 0.3) is 10.9 Å². The maximum atomic E-state index is 15.2. The topological polar surface area (TPSA) is 55.9 Å². The first kappa shape index (κ1) is 23.2. The molecule has 1 atom stereocenters. The van der Waals surface area contributed by atoms with Crippen molar-refractivity contribution in [2.45, 2.75) is 20.3 Å². The third kappa shape index (κ3) is 5.25. The maximum absolute atomic E-state index is 15.2. The molecule has 1 saturated heterocycles. The summed E-state index contributed by atoms with van der Waals surface area (Å²) in [6.45, 7) is 8.20. The van der Waals surface area contributed by atoms with Crippen molar-refractivity contribution in [3.63, 3.8) is 0 Å². The summed E-state index contributed by atoms with van der Waals surface area (Å²) < 4.78 is 21.3. The predicted octanol–water partition coefficient (Wildman–Crippen LogP) is 5.69. The maximum Gasteiger partial charge on any atom is 0.175 e. The van der Waals surface area contributed by atoms with Gasteiger partial charge < -0.3 is 24.8 Å². The van der Waals surface area contributed by atoms with E-state index in [1.54, 1.807) is 18.3 Å². The zero-order chi connectivity index (χ0) is 24.4. The summed E-state index contributed by atoms with van der Waals surface area (Å²) in [5, 5.41) is 3.92. The number of amidine groups is 1. The molecule has 2 N–H and O–H groups in total. The molecular weight excluding hydrogens is 441 g/mol. The number of aliphatic imine (C=N–C) groups is 1. The molecular formula is C28H32FN5O. The molecule has 0 spiro atoms. The first-order chi connectivity index (χ1) is 17.0. The highest BCUT2D eigenvalue weighted by atomic mass is 19.1. The third-order valence-electron chi connectivity index (χ3n) is 6.65. The average molecular weight is 474 g/mol. The van der Waals surface area contributed by atoms with Crippen molar-refractivity contribution in [2.75, 3.05) is 43.4 Å². The van der Waals surface area contributed by atoms with Gasteiger partial charge in [0.2, 0.25) is 0 Å². The van der Waals surface area contributed by atoms with Crippen molar-refractivity contribution >= 4 is 28.1 Å². The van der Waals surface area contributed by atoms with Crippen molar-refractivity contribution in [2.24, 2.45) is 10.9 Å². The minimum atomic E-state index is -0.358. The second-order valence-electron chi connectivity index (χ2n) is 9.44. The Hall–Kier alpha value is -3.58. The largest absolute Gasteiger partial charge is 0.458 e. The van der Waals surface area contributed by atoms with Crippen LogP contribution in [0, 0.1) is 18.7 Å². The number of piperazine rings is 1. The van der Waals surface area contributed by atoms with Crippen LogP contribution in [-0.2, 0) is 0 Å². The normalized spacial score (nSPS) is 23.1. The summed E-state index contributed by atoms with van der Waals surface area (Å²) in [7, 11) is 2.16. The van der Waals surface area contributed by atoms with E-state index in [1.165, 1.54) is 5.69 Å². The third-order valence-corrected chi connectivity index (χ3v) is 6.65. The molecule has 0 bridgehead atoms. The van der Waals surface area contributed by atoms with Crippen LogP contribution in [0.3, 0.4) is 0 Å². The van der Waals surface area contributed by atoms with Crippen molar-refractivity contribution in [1.82, 2.24) is 9.88 Å². The van der Waals surface area contributed by atoms with Crippen molar-refractivity contribution < 1.29 is 9.13 Å². The zero-order valence-corrected chi connectivity index (χ0v) is 20.5. The predicted molar refractivity (Wildman–Crippen MR) is 142 cm³/mol. The summed E-state index contributed by atoms with van der Waals surface area (Å²) in [6.07, 6.45) is 6.44. The highest BCUT2D eigenvalue weighted by Gasteiger charge is 2.18. The van der Waals surface area contributed by atoms with Gasteiger partial charge in [-0.05, 0) is 62.9 Å². The molecule has 182 valence electrons. The van der Waals surface area contributed by atoms with E-state index in [0.717, 1.165) is 49.5 Å². The van der Waals surface area contributed by atoms with Gasteiger partial charge in [0.1, 0.15) is 11.6 Å². The average Bonchev–Trinajstić information content (AvgIpc) is 3.24. The van der Waals surface area contributed by atoms with Crippen LogP contribution >= 0.6 is 0 Å². The Bertz CT molecular complexity index is 1280. The lowest BCUT2D eigenvalue weighted by molar-refractivity contribution is 0.313. The van der Waals surface area contributed by atoms with Gasteiger partial charge in [0.15, 0.2) is 11.6 Å². The Balaban J connectivity index is 1.35. The standard InChI is InChI=1S/C28H32FN5O/c1-19-5-4-12-30-27(32-21-6-8-22(9-7-21)34-15-13-33(3)14-16-34)18-26(19)35-25-11-10-24-23(28(25)29)17-20(2)31-24/h4,6-12,17-19,31H,5,13-16H2,1-3H3,(H,30,32)/b12-4+,26-18+. The van der Waals surface area contributed by atoms with E-state index in [4.69, 9.17) is 4.74 Å². The lowest BCUT2D eigenvalue weighted by Gasteiger charge is -2.34. The molecule has 3 heterocycles. The monoisotopic (exact) mass is 473 g/mol. The summed E-state index contributed by atoms with van der Waals surface area (Å²) in [4.78, 5) is 12.5. The molecule has 0 radical (unpaired) electrons. The molecule has 0 amide bonds. The number of hydrogen-bond acceptors (Lipinski definition) is 5. The van der Waals surface area contributed by atoms with Crippen molar-refractivity contribution in [3.05, 3.63) is 78.1 Å². The van der Waals surface area contributed by atoms with Crippen LogP contribution in [0.15, 0.2) is 71.6 Å². The Morgan fingerprint density at radius 2 is 1.86 bits per heavy atom. The number of likely N-dealkylation sites (N-methyl/N-ethyl adjacent to an activating group) is 1. The second kappa shape index (κ2) is 9.96. The molecule has 6 nitrogen and oxygen atoms in total. The van der Waals surface area contributed by atoms with Crippen molar-refractivity contribution in [1.29, 1.82) is 0 Å². The van der Waals surface area contributed by atoms with Crippen LogP contribution < -0.4 is 15.0 Å². The molecule has 2 aliphatic heterocycles. The van der Waals surface area contributed by atoms with Gasteiger partial charge in [0.05, 0.1) is 0 Å². The fourth-order valence-electron chi connectivity index (χ4n) is 4.49. The summed E-state index contributed by atoms with van der Waals surface area (Å²) >= 11 is 0. The molecule has 35 heavy (non-hydrogen) atoms. The minimum absolute atomic E-state index is 0.0706. The number of benzene rings is 2. The van der Waals surface area contributed by atoms with Gasteiger partial charge in [-0.25, -0.2) is 9.38 Å². The molecule has 3 aromatic rings. The number of hydrogen-bond donors (Lipinski definition) is 2. The number of allylic oxidation sites excluding steroid dienone is 2. The van der Waals surface area contributed by atoms with Crippen LogP contribution in [0.5, 0.6) is 5.75 Å². The fraction of sp³-hybridized carbons (Fsp3) is 0.321. The number of nitrogens with one attached hydrogen (secondary N) is 2. The van der Waals surface area contributed by atoms with Crippen molar-refractivity contribution in [3.8, 4) is 5.75 Å². The number of rotatable bonds is 4. The Morgan fingerprint density at radius 3 is 2.63 bits per heavy atom. The molecule has 0 saturated carbocycles. The number of halogens is 1. The number of ether oxygens (including phenoxy) is 1. The van der Waals surface area contributed by atoms with E-state index in [-0.39, 0.29) is 17.5 Å². The van der Waals surface area contributed by atoms with Gasteiger partial charge in [-0.2, -0.15) is 0 Å².